The van der Waals surface area contributed by atoms with Gasteiger partial charge in [-0.05, 0) is 31.9 Å². The van der Waals surface area contributed by atoms with Crippen LogP contribution in [0.3, 0.4) is 0 Å². The Morgan fingerprint density at radius 2 is 2.10 bits per heavy atom. The first-order valence-electron chi connectivity index (χ1n) is 6.55. The van der Waals surface area contributed by atoms with Crippen molar-refractivity contribution in [3.05, 3.63) is 29.8 Å². The zero-order valence-electron chi connectivity index (χ0n) is 11.4. The molecule has 1 aliphatic heterocycles. The average molecular weight is 299 g/mol. The molecular weight excluding hydrogens is 284 g/mol. The Hall–Kier alpha value is -2.18. The van der Waals surface area contributed by atoms with Crippen LogP contribution < -0.4 is 4.74 Å². The van der Waals surface area contributed by atoms with Crippen molar-refractivity contribution in [1.29, 1.82) is 0 Å². The Bertz CT molecular complexity index is 564. The van der Waals surface area contributed by atoms with Crippen LogP contribution >= 0.6 is 0 Å². The lowest BCUT2D eigenvalue weighted by Crippen LogP contribution is -2.46. The van der Waals surface area contributed by atoms with Crippen LogP contribution in [-0.2, 0) is 9.59 Å². The van der Waals surface area contributed by atoms with Crippen molar-refractivity contribution in [3.8, 4) is 5.75 Å². The van der Waals surface area contributed by atoms with E-state index in [1.165, 1.54) is 17.9 Å². The van der Waals surface area contributed by atoms with E-state index >= 15 is 0 Å². The minimum absolute atomic E-state index is 0.0146. The second-order valence-corrected chi connectivity index (χ2v) is 4.86. The second kappa shape index (κ2) is 6.07. The predicted octanol–water partition coefficient (Wildman–Crippen LogP) is 1.81. The highest BCUT2D eigenvalue weighted by molar-refractivity contribution is 5.87. The van der Waals surface area contributed by atoms with Crippen LogP contribution in [0, 0.1) is 11.6 Å². The number of carboxylic acid groups (broad SMARTS) is 1. The molecule has 0 aromatic heterocycles. The lowest BCUT2D eigenvalue weighted by molar-refractivity contribution is -0.150. The maximum Gasteiger partial charge on any atom is 0.326 e. The third kappa shape index (κ3) is 3.29. The van der Waals surface area contributed by atoms with E-state index in [0.717, 1.165) is 12.1 Å². The molecule has 1 aliphatic rings. The van der Waals surface area contributed by atoms with Gasteiger partial charge in [0.05, 0.1) is 0 Å². The van der Waals surface area contributed by atoms with Gasteiger partial charge in [-0.3, -0.25) is 4.79 Å². The summed E-state index contributed by atoms with van der Waals surface area (Å²) in [5, 5.41) is 9.05. The molecule has 1 aromatic rings. The number of carbonyl (C=O) groups excluding carboxylic acids is 1. The summed E-state index contributed by atoms with van der Waals surface area (Å²) >= 11 is 0. The molecule has 2 atom stereocenters. The fourth-order valence-electron chi connectivity index (χ4n) is 2.33. The van der Waals surface area contributed by atoms with E-state index in [1.807, 2.05) is 0 Å². The SMILES string of the molecule is CC(Oc1ccc(F)c(F)c1)C(=O)N1CCC[C@@H]1C(=O)O. The van der Waals surface area contributed by atoms with Gasteiger partial charge in [0.1, 0.15) is 11.8 Å². The van der Waals surface area contributed by atoms with Crippen LogP contribution in [0.5, 0.6) is 5.75 Å². The zero-order chi connectivity index (χ0) is 15.6. The van der Waals surface area contributed by atoms with E-state index < -0.39 is 35.7 Å². The first-order chi connectivity index (χ1) is 9.90. The maximum atomic E-state index is 13.1. The summed E-state index contributed by atoms with van der Waals surface area (Å²) in [6, 6.07) is 2.10. The molecule has 0 saturated carbocycles. The number of ether oxygens (including phenoxy) is 1. The van der Waals surface area contributed by atoms with Crippen molar-refractivity contribution in [3.63, 3.8) is 0 Å². The van der Waals surface area contributed by atoms with Crippen LogP contribution in [0.1, 0.15) is 19.8 Å². The van der Waals surface area contributed by atoms with Crippen molar-refractivity contribution in [2.45, 2.75) is 31.9 Å². The summed E-state index contributed by atoms with van der Waals surface area (Å²) in [6.07, 6.45) is 0.0364. The van der Waals surface area contributed by atoms with Crippen LogP contribution in [0.4, 0.5) is 8.78 Å². The molecule has 21 heavy (non-hydrogen) atoms. The summed E-state index contributed by atoms with van der Waals surface area (Å²) in [5.74, 6) is -3.60. The highest BCUT2D eigenvalue weighted by Crippen LogP contribution is 2.21. The molecule has 1 fully saturated rings. The first kappa shape index (κ1) is 15.2. The number of carbonyl (C=O) groups is 2. The second-order valence-electron chi connectivity index (χ2n) is 4.86. The summed E-state index contributed by atoms with van der Waals surface area (Å²) in [4.78, 5) is 24.5. The number of aliphatic carboxylic acids is 1. The van der Waals surface area contributed by atoms with Gasteiger partial charge in [-0.15, -0.1) is 0 Å². The smallest absolute Gasteiger partial charge is 0.326 e. The number of nitrogens with zero attached hydrogens (tertiary/aromatic N) is 1. The van der Waals surface area contributed by atoms with Crippen LogP contribution in [-0.4, -0.2) is 40.6 Å². The van der Waals surface area contributed by atoms with Crippen LogP contribution in [0.25, 0.3) is 0 Å². The van der Waals surface area contributed by atoms with Gasteiger partial charge < -0.3 is 14.7 Å². The number of rotatable bonds is 4. The molecule has 0 aliphatic carbocycles. The van der Waals surface area contributed by atoms with Crippen LogP contribution in [0.2, 0.25) is 0 Å². The standard InChI is InChI=1S/C14H15F2NO4/c1-8(21-9-4-5-10(15)11(16)7-9)13(18)17-6-2-3-12(17)14(19)20/h4-5,7-8,12H,2-3,6H2,1H3,(H,19,20)/t8?,12-/m1/s1. The van der Waals surface area contributed by atoms with Crippen molar-refractivity contribution >= 4 is 11.9 Å². The molecular formula is C14H15F2NO4. The molecule has 0 spiro atoms. The minimum Gasteiger partial charge on any atom is -0.481 e. The van der Waals surface area contributed by atoms with E-state index in [-0.39, 0.29) is 5.75 Å². The van der Waals surface area contributed by atoms with E-state index in [9.17, 15) is 18.4 Å². The lowest BCUT2D eigenvalue weighted by Gasteiger charge is -2.25. The monoisotopic (exact) mass is 299 g/mol. The van der Waals surface area contributed by atoms with E-state index in [1.54, 1.807) is 0 Å². The molecule has 1 unspecified atom stereocenters. The molecule has 5 nitrogen and oxygen atoms in total. The summed E-state index contributed by atoms with van der Waals surface area (Å²) in [7, 11) is 0. The maximum absolute atomic E-state index is 13.1. The largest absolute Gasteiger partial charge is 0.481 e. The van der Waals surface area contributed by atoms with Crippen LogP contribution in [0.15, 0.2) is 18.2 Å². The number of halogens is 2. The molecule has 0 radical (unpaired) electrons. The third-order valence-corrected chi connectivity index (χ3v) is 3.37. The van der Waals surface area contributed by atoms with Gasteiger partial charge in [0.2, 0.25) is 0 Å². The fourth-order valence-corrected chi connectivity index (χ4v) is 2.33. The zero-order valence-corrected chi connectivity index (χ0v) is 11.4. The Balaban J connectivity index is 2.05. The average Bonchev–Trinajstić information content (AvgIpc) is 2.91. The molecule has 2 rings (SSSR count). The summed E-state index contributed by atoms with van der Waals surface area (Å²) in [5.41, 5.74) is 0. The fraction of sp³-hybridized carbons (Fsp3) is 0.429. The first-order valence-corrected chi connectivity index (χ1v) is 6.55. The molecule has 1 heterocycles. The molecule has 1 N–H and O–H groups in total. The van der Waals surface area contributed by atoms with Crippen molar-refractivity contribution in [2.75, 3.05) is 6.54 Å². The summed E-state index contributed by atoms with van der Waals surface area (Å²) < 4.78 is 31.1. The molecule has 1 aromatic carbocycles. The van der Waals surface area contributed by atoms with Gasteiger partial charge in [0.15, 0.2) is 17.7 Å². The quantitative estimate of drug-likeness (QED) is 0.920. The van der Waals surface area contributed by atoms with Crippen molar-refractivity contribution < 1.29 is 28.2 Å². The van der Waals surface area contributed by atoms with Crippen molar-refractivity contribution in [1.82, 2.24) is 4.90 Å². The van der Waals surface area contributed by atoms with E-state index in [2.05, 4.69) is 0 Å². The van der Waals surface area contributed by atoms with Crippen molar-refractivity contribution in [2.24, 2.45) is 0 Å². The Morgan fingerprint density at radius 3 is 2.71 bits per heavy atom. The molecule has 1 saturated heterocycles. The normalized spacial score (nSPS) is 19.4. The Labute approximate surface area is 120 Å². The molecule has 114 valence electrons. The number of hydrogen-bond acceptors (Lipinski definition) is 3. The Kier molecular flexibility index (Phi) is 4.40. The van der Waals surface area contributed by atoms with Gasteiger partial charge in [0.25, 0.3) is 5.91 Å². The minimum atomic E-state index is -1.07. The van der Waals surface area contributed by atoms with Gasteiger partial charge in [-0.2, -0.15) is 0 Å². The van der Waals surface area contributed by atoms with E-state index in [4.69, 9.17) is 9.84 Å². The number of likely N-dealkylation sites (tertiary alicyclic amines) is 1. The summed E-state index contributed by atoms with van der Waals surface area (Å²) in [6.45, 7) is 1.79. The third-order valence-electron chi connectivity index (χ3n) is 3.37. The topological polar surface area (TPSA) is 66.8 Å². The van der Waals surface area contributed by atoms with E-state index in [0.29, 0.717) is 19.4 Å². The number of benzene rings is 1. The van der Waals surface area contributed by atoms with Gasteiger partial charge in [-0.25, -0.2) is 13.6 Å². The molecule has 0 bridgehead atoms. The number of hydrogen-bond donors (Lipinski definition) is 1. The van der Waals surface area contributed by atoms with Gasteiger partial charge >= 0.3 is 5.97 Å². The number of carboxylic acids is 1. The molecule has 7 heteroatoms. The highest BCUT2D eigenvalue weighted by atomic mass is 19.2. The predicted molar refractivity (Wildman–Crippen MR) is 68.8 cm³/mol. The number of amides is 1. The Morgan fingerprint density at radius 1 is 1.38 bits per heavy atom. The molecule has 1 amide bonds. The highest BCUT2D eigenvalue weighted by Gasteiger charge is 2.36. The van der Waals surface area contributed by atoms with Gasteiger partial charge in [0, 0.05) is 12.6 Å². The lowest BCUT2D eigenvalue weighted by atomic mass is 10.2. The van der Waals surface area contributed by atoms with Gasteiger partial charge in [-0.1, -0.05) is 0 Å².